The molecule has 1 saturated heterocycles. The number of hydrogen-bond donors (Lipinski definition) is 1. The fourth-order valence-corrected chi connectivity index (χ4v) is 3.80. The van der Waals surface area contributed by atoms with Crippen molar-refractivity contribution in [2.24, 2.45) is 0 Å². The molecule has 0 bridgehead atoms. The SMILES string of the molecule is CCN(CC(C)(C)O)S(=O)(=O)CC1CCCO1. The van der Waals surface area contributed by atoms with Crippen molar-refractivity contribution in [2.45, 2.75) is 45.3 Å². The molecule has 1 unspecified atom stereocenters. The van der Waals surface area contributed by atoms with E-state index in [-0.39, 0.29) is 18.4 Å². The molecule has 17 heavy (non-hydrogen) atoms. The molecule has 5 nitrogen and oxygen atoms in total. The maximum atomic E-state index is 12.1. The highest BCUT2D eigenvalue weighted by Gasteiger charge is 2.30. The van der Waals surface area contributed by atoms with E-state index < -0.39 is 15.6 Å². The summed E-state index contributed by atoms with van der Waals surface area (Å²) in [6.07, 6.45) is 1.55. The highest BCUT2D eigenvalue weighted by Crippen LogP contribution is 2.17. The summed E-state index contributed by atoms with van der Waals surface area (Å²) < 4.78 is 30.9. The highest BCUT2D eigenvalue weighted by molar-refractivity contribution is 7.89. The smallest absolute Gasteiger partial charge is 0.216 e. The van der Waals surface area contributed by atoms with Crippen molar-refractivity contribution < 1.29 is 18.3 Å². The van der Waals surface area contributed by atoms with Gasteiger partial charge in [0.05, 0.1) is 17.5 Å². The average Bonchev–Trinajstić information content (AvgIpc) is 2.64. The molecular formula is C11H23NO4S. The molecule has 1 rings (SSSR count). The van der Waals surface area contributed by atoms with E-state index in [1.165, 1.54) is 4.31 Å². The predicted octanol–water partition coefficient (Wildman–Crippen LogP) is 0.588. The fourth-order valence-electron chi connectivity index (χ4n) is 1.95. The Kier molecular flexibility index (Phi) is 4.95. The van der Waals surface area contributed by atoms with Crippen molar-refractivity contribution >= 4 is 10.0 Å². The van der Waals surface area contributed by atoms with Crippen molar-refractivity contribution in [2.75, 3.05) is 25.4 Å². The molecule has 1 fully saturated rings. The van der Waals surface area contributed by atoms with Gasteiger partial charge in [0.15, 0.2) is 0 Å². The van der Waals surface area contributed by atoms with Gasteiger partial charge in [-0.3, -0.25) is 0 Å². The van der Waals surface area contributed by atoms with Crippen molar-refractivity contribution in [3.63, 3.8) is 0 Å². The lowest BCUT2D eigenvalue weighted by molar-refractivity contribution is 0.0594. The third kappa shape index (κ3) is 4.91. The maximum Gasteiger partial charge on any atom is 0.216 e. The zero-order valence-corrected chi connectivity index (χ0v) is 11.7. The standard InChI is InChI=1S/C11H23NO4S/c1-4-12(9-11(2,3)13)17(14,15)8-10-6-5-7-16-10/h10,13H,4-9H2,1-3H3. The first-order valence-corrected chi connectivity index (χ1v) is 7.67. The summed E-state index contributed by atoms with van der Waals surface area (Å²) in [6, 6.07) is 0. The van der Waals surface area contributed by atoms with Crippen LogP contribution in [0.25, 0.3) is 0 Å². The van der Waals surface area contributed by atoms with Crippen molar-refractivity contribution in [3.8, 4) is 0 Å². The number of ether oxygens (including phenoxy) is 1. The Balaban J connectivity index is 2.65. The Bertz CT molecular complexity index is 328. The van der Waals surface area contributed by atoms with E-state index in [9.17, 15) is 13.5 Å². The molecule has 0 aromatic carbocycles. The maximum absolute atomic E-state index is 12.1. The van der Waals surface area contributed by atoms with E-state index in [0.717, 1.165) is 12.8 Å². The minimum Gasteiger partial charge on any atom is -0.389 e. The summed E-state index contributed by atoms with van der Waals surface area (Å²) in [4.78, 5) is 0. The Labute approximate surface area is 104 Å². The first kappa shape index (κ1) is 14.9. The molecule has 1 N–H and O–H groups in total. The van der Waals surface area contributed by atoms with Crippen molar-refractivity contribution in [1.82, 2.24) is 4.31 Å². The number of nitrogens with zero attached hydrogens (tertiary/aromatic N) is 1. The zero-order valence-electron chi connectivity index (χ0n) is 10.8. The first-order valence-electron chi connectivity index (χ1n) is 6.06. The van der Waals surface area contributed by atoms with Gasteiger partial charge in [-0.2, -0.15) is 4.31 Å². The lowest BCUT2D eigenvalue weighted by atomic mass is 10.1. The molecule has 1 atom stereocenters. The summed E-state index contributed by atoms with van der Waals surface area (Å²) in [7, 11) is -3.34. The average molecular weight is 265 g/mol. The number of rotatable bonds is 6. The van der Waals surface area contributed by atoms with Crippen LogP contribution in [0.5, 0.6) is 0 Å². The number of likely N-dealkylation sites (N-methyl/N-ethyl adjacent to an activating group) is 1. The van der Waals surface area contributed by atoms with Gasteiger partial charge < -0.3 is 9.84 Å². The van der Waals surface area contributed by atoms with Crippen LogP contribution in [0, 0.1) is 0 Å². The van der Waals surface area contributed by atoms with E-state index in [4.69, 9.17) is 4.74 Å². The Morgan fingerprint density at radius 2 is 2.12 bits per heavy atom. The van der Waals surface area contributed by atoms with Crippen LogP contribution in [0.3, 0.4) is 0 Å². The molecule has 1 aliphatic heterocycles. The van der Waals surface area contributed by atoms with E-state index in [2.05, 4.69) is 0 Å². The summed E-state index contributed by atoms with van der Waals surface area (Å²) >= 11 is 0. The Morgan fingerprint density at radius 1 is 1.47 bits per heavy atom. The molecule has 0 radical (unpaired) electrons. The summed E-state index contributed by atoms with van der Waals surface area (Å²) in [5, 5.41) is 9.71. The minimum absolute atomic E-state index is 0.0247. The Morgan fingerprint density at radius 3 is 2.53 bits per heavy atom. The third-order valence-corrected chi connectivity index (χ3v) is 4.70. The number of sulfonamides is 1. The van der Waals surface area contributed by atoms with Gasteiger partial charge in [-0.15, -0.1) is 0 Å². The van der Waals surface area contributed by atoms with Crippen molar-refractivity contribution in [3.05, 3.63) is 0 Å². The molecule has 0 amide bonds. The molecule has 0 aromatic heterocycles. The molecule has 102 valence electrons. The quantitative estimate of drug-likeness (QED) is 0.763. The minimum atomic E-state index is -3.34. The molecule has 1 heterocycles. The third-order valence-electron chi connectivity index (χ3n) is 2.73. The first-order chi connectivity index (χ1) is 7.74. The molecule has 0 aliphatic carbocycles. The second-order valence-electron chi connectivity index (χ2n) is 5.15. The lowest BCUT2D eigenvalue weighted by Gasteiger charge is -2.28. The highest BCUT2D eigenvalue weighted by atomic mass is 32.2. The summed E-state index contributed by atoms with van der Waals surface area (Å²) in [5.74, 6) is 0.0247. The summed E-state index contributed by atoms with van der Waals surface area (Å²) in [6.45, 7) is 6.14. The van der Waals surface area contributed by atoms with Crippen LogP contribution in [0.2, 0.25) is 0 Å². The van der Waals surface area contributed by atoms with Crippen LogP contribution in [-0.2, 0) is 14.8 Å². The number of aliphatic hydroxyl groups is 1. The second-order valence-corrected chi connectivity index (χ2v) is 7.17. The van der Waals surface area contributed by atoms with Gasteiger partial charge >= 0.3 is 0 Å². The molecule has 0 spiro atoms. The zero-order chi connectivity index (χ0) is 13.1. The van der Waals surface area contributed by atoms with E-state index in [0.29, 0.717) is 13.2 Å². The molecule has 0 aromatic rings. The number of hydrogen-bond acceptors (Lipinski definition) is 4. The van der Waals surface area contributed by atoms with Crippen LogP contribution in [0.1, 0.15) is 33.6 Å². The normalized spacial score (nSPS) is 22.3. The van der Waals surface area contributed by atoms with Gasteiger partial charge in [0.1, 0.15) is 0 Å². The second kappa shape index (κ2) is 5.65. The van der Waals surface area contributed by atoms with Crippen LogP contribution in [0.4, 0.5) is 0 Å². The fraction of sp³-hybridized carbons (Fsp3) is 1.00. The van der Waals surface area contributed by atoms with Gasteiger partial charge in [0, 0.05) is 19.7 Å². The van der Waals surface area contributed by atoms with Crippen LogP contribution in [0.15, 0.2) is 0 Å². The monoisotopic (exact) mass is 265 g/mol. The van der Waals surface area contributed by atoms with Gasteiger partial charge in [-0.25, -0.2) is 8.42 Å². The lowest BCUT2D eigenvalue weighted by Crippen LogP contribution is -2.44. The molecule has 0 saturated carbocycles. The predicted molar refractivity (Wildman–Crippen MR) is 66.3 cm³/mol. The molecular weight excluding hydrogens is 242 g/mol. The van der Waals surface area contributed by atoms with Crippen LogP contribution >= 0.6 is 0 Å². The van der Waals surface area contributed by atoms with Gasteiger partial charge in [-0.1, -0.05) is 6.92 Å². The summed E-state index contributed by atoms with van der Waals surface area (Å²) in [5.41, 5.74) is -1.01. The van der Waals surface area contributed by atoms with Gasteiger partial charge in [0.2, 0.25) is 10.0 Å². The van der Waals surface area contributed by atoms with E-state index in [1.54, 1.807) is 20.8 Å². The van der Waals surface area contributed by atoms with Crippen LogP contribution in [-0.4, -0.2) is 55.0 Å². The Hall–Kier alpha value is -0.170. The van der Waals surface area contributed by atoms with Crippen molar-refractivity contribution in [1.29, 1.82) is 0 Å². The van der Waals surface area contributed by atoms with E-state index in [1.807, 2.05) is 0 Å². The largest absolute Gasteiger partial charge is 0.389 e. The van der Waals surface area contributed by atoms with Gasteiger partial charge in [0.25, 0.3) is 0 Å². The van der Waals surface area contributed by atoms with E-state index >= 15 is 0 Å². The molecule has 6 heteroatoms. The molecule has 1 aliphatic rings. The van der Waals surface area contributed by atoms with Gasteiger partial charge in [-0.05, 0) is 26.7 Å². The topological polar surface area (TPSA) is 66.8 Å². The van der Waals surface area contributed by atoms with Crippen LogP contribution < -0.4 is 0 Å².